The molecule has 1 aromatic carbocycles. The lowest BCUT2D eigenvalue weighted by Gasteiger charge is -2.10. The molecule has 2 aromatic rings. The largest absolute Gasteiger partial charge is 0.497 e. The van der Waals surface area contributed by atoms with Gasteiger partial charge in [0, 0.05) is 6.07 Å². The van der Waals surface area contributed by atoms with Crippen LogP contribution in [0.15, 0.2) is 24.4 Å². The molecule has 1 aromatic heterocycles. The molecule has 0 bridgehead atoms. The number of carbonyl (C=O) groups excluding carboxylic acids is 1. The number of amides is 1. The summed E-state index contributed by atoms with van der Waals surface area (Å²) >= 11 is 0. The molecule has 0 aliphatic heterocycles. The summed E-state index contributed by atoms with van der Waals surface area (Å²) in [5, 5.41) is 17.7. The van der Waals surface area contributed by atoms with Gasteiger partial charge in [-0.05, 0) is 12.1 Å². The number of rotatable bonds is 4. The van der Waals surface area contributed by atoms with Crippen LogP contribution in [-0.4, -0.2) is 30.3 Å². The third-order valence-corrected chi connectivity index (χ3v) is 2.65. The Hall–Kier alpha value is -3.01. The second kappa shape index (κ2) is 5.75. The fraction of sp³-hybridized carbons (Fsp3) is 0.154. The van der Waals surface area contributed by atoms with E-state index in [9.17, 15) is 4.79 Å². The molecule has 2 rings (SSSR count). The Morgan fingerprint density at radius 1 is 1.40 bits per heavy atom. The van der Waals surface area contributed by atoms with Gasteiger partial charge < -0.3 is 14.8 Å². The molecule has 2 N–H and O–H groups in total. The zero-order valence-electron chi connectivity index (χ0n) is 10.9. The van der Waals surface area contributed by atoms with E-state index in [1.54, 1.807) is 18.2 Å². The van der Waals surface area contributed by atoms with Crippen molar-refractivity contribution in [3.05, 3.63) is 35.5 Å². The number of nitrogens with zero attached hydrogens (tertiary/aromatic N) is 2. The van der Waals surface area contributed by atoms with Gasteiger partial charge in [-0.15, -0.1) is 0 Å². The summed E-state index contributed by atoms with van der Waals surface area (Å²) in [6.07, 6.45) is 1.33. The molecule has 0 saturated carbocycles. The van der Waals surface area contributed by atoms with Crippen LogP contribution < -0.4 is 14.8 Å². The molecule has 0 fully saturated rings. The SMILES string of the molecule is COc1ccc(C(=O)Nc2[nH]ncc2C#N)c(OC)c1. The van der Waals surface area contributed by atoms with Crippen molar-refractivity contribution in [3.8, 4) is 17.6 Å². The number of anilines is 1. The van der Waals surface area contributed by atoms with Gasteiger partial charge in [0.05, 0.1) is 26.0 Å². The van der Waals surface area contributed by atoms with E-state index in [4.69, 9.17) is 14.7 Å². The second-order valence-corrected chi connectivity index (χ2v) is 3.79. The van der Waals surface area contributed by atoms with Crippen LogP contribution in [0.25, 0.3) is 0 Å². The highest BCUT2D eigenvalue weighted by Gasteiger charge is 2.15. The van der Waals surface area contributed by atoms with E-state index in [0.29, 0.717) is 17.1 Å². The Morgan fingerprint density at radius 3 is 2.85 bits per heavy atom. The number of benzene rings is 1. The summed E-state index contributed by atoms with van der Waals surface area (Å²) in [6, 6.07) is 6.75. The summed E-state index contributed by atoms with van der Waals surface area (Å²) in [5.74, 6) is 0.790. The Labute approximate surface area is 115 Å². The number of methoxy groups -OCH3 is 2. The zero-order chi connectivity index (χ0) is 14.5. The lowest BCUT2D eigenvalue weighted by atomic mass is 10.1. The molecule has 1 amide bonds. The standard InChI is InChI=1S/C13H12N4O3/c1-19-9-3-4-10(11(5-9)20-2)13(18)16-12-8(6-14)7-15-17-12/h3-5,7H,1-2H3,(H2,15,16,17,18). The first-order chi connectivity index (χ1) is 9.69. The Kier molecular flexibility index (Phi) is 3.86. The van der Waals surface area contributed by atoms with Gasteiger partial charge in [0.2, 0.25) is 0 Å². The monoisotopic (exact) mass is 272 g/mol. The summed E-state index contributed by atoms with van der Waals surface area (Å²) in [6.45, 7) is 0. The van der Waals surface area contributed by atoms with Gasteiger partial charge in [0.1, 0.15) is 28.9 Å². The van der Waals surface area contributed by atoms with Crippen LogP contribution in [0.2, 0.25) is 0 Å². The Morgan fingerprint density at radius 2 is 2.20 bits per heavy atom. The maximum absolute atomic E-state index is 12.2. The second-order valence-electron chi connectivity index (χ2n) is 3.79. The van der Waals surface area contributed by atoms with Gasteiger partial charge >= 0.3 is 0 Å². The van der Waals surface area contributed by atoms with Gasteiger partial charge in [-0.25, -0.2) is 0 Å². The van der Waals surface area contributed by atoms with Crippen molar-refractivity contribution < 1.29 is 14.3 Å². The van der Waals surface area contributed by atoms with Crippen molar-refractivity contribution in [2.24, 2.45) is 0 Å². The number of nitriles is 1. The predicted octanol–water partition coefficient (Wildman–Crippen LogP) is 1.55. The zero-order valence-corrected chi connectivity index (χ0v) is 10.9. The number of aromatic amines is 1. The molecule has 0 radical (unpaired) electrons. The molecule has 0 atom stereocenters. The number of H-pyrrole nitrogens is 1. The first-order valence-corrected chi connectivity index (χ1v) is 5.66. The van der Waals surface area contributed by atoms with E-state index in [-0.39, 0.29) is 11.4 Å². The Balaban J connectivity index is 2.28. The highest BCUT2D eigenvalue weighted by atomic mass is 16.5. The fourth-order valence-electron chi connectivity index (χ4n) is 1.63. The minimum absolute atomic E-state index is 0.246. The van der Waals surface area contributed by atoms with E-state index < -0.39 is 5.91 Å². The average Bonchev–Trinajstić information content (AvgIpc) is 2.93. The number of hydrogen-bond acceptors (Lipinski definition) is 5. The number of ether oxygens (including phenoxy) is 2. The smallest absolute Gasteiger partial charge is 0.260 e. The van der Waals surface area contributed by atoms with Crippen molar-refractivity contribution in [1.82, 2.24) is 10.2 Å². The summed E-state index contributed by atoms with van der Waals surface area (Å²) in [5.41, 5.74) is 0.581. The van der Waals surface area contributed by atoms with E-state index in [1.165, 1.54) is 20.4 Å². The van der Waals surface area contributed by atoms with E-state index >= 15 is 0 Å². The molecule has 0 aliphatic rings. The minimum Gasteiger partial charge on any atom is -0.497 e. The molecular formula is C13H12N4O3. The molecular weight excluding hydrogens is 260 g/mol. The van der Waals surface area contributed by atoms with Gasteiger partial charge in [-0.3, -0.25) is 9.89 Å². The lowest BCUT2D eigenvalue weighted by Crippen LogP contribution is -2.14. The minimum atomic E-state index is -0.412. The third-order valence-electron chi connectivity index (χ3n) is 2.65. The molecule has 0 saturated heterocycles. The van der Waals surface area contributed by atoms with Gasteiger partial charge in [0.15, 0.2) is 0 Å². The highest BCUT2D eigenvalue weighted by Crippen LogP contribution is 2.25. The lowest BCUT2D eigenvalue weighted by molar-refractivity contribution is 0.102. The van der Waals surface area contributed by atoms with Crippen LogP contribution >= 0.6 is 0 Å². The molecule has 1 heterocycles. The number of hydrogen-bond donors (Lipinski definition) is 2. The maximum atomic E-state index is 12.2. The van der Waals surface area contributed by atoms with Crippen LogP contribution in [0, 0.1) is 11.3 Å². The number of nitrogens with one attached hydrogen (secondary N) is 2. The molecule has 0 spiro atoms. The molecule has 20 heavy (non-hydrogen) atoms. The molecule has 102 valence electrons. The molecule has 0 aliphatic carbocycles. The van der Waals surface area contributed by atoms with Gasteiger partial charge in [-0.2, -0.15) is 10.4 Å². The molecule has 0 unspecified atom stereocenters. The van der Waals surface area contributed by atoms with Crippen LogP contribution in [-0.2, 0) is 0 Å². The van der Waals surface area contributed by atoms with Crippen LogP contribution in [0.4, 0.5) is 5.82 Å². The first kappa shape index (κ1) is 13.4. The van der Waals surface area contributed by atoms with E-state index in [2.05, 4.69) is 15.5 Å². The Bertz CT molecular complexity index is 672. The molecule has 7 heteroatoms. The van der Waals surface area contributed by atoms with Crippen molar-refractivity contribution in [2.45, 2.75) is 0 Å². The summed E-state index contributed by atoms with van der Waals surface area (Å²) < 4.78 is 10.2. The number of aromatic nitrogens is 2. The third kappa shape index (κ3) is 2.54. The van der Waals surface area contributed by atoms with Crippen molar-refractivity contribution in [3.63, 3.8) is 0 Å². The fourth-order valence-corrected chi connectivity index (χ4v) is 1.63. The van der Waals surface area contributed by atoms with Gasteiger partial charge in [0.25, 0.3) is 5.91 Å². The van der Waals surface area contributed by atoms with E-state index in [1.807, 2.05) is 6.07 Å². The predicted molar refractivity (Wildman–Crippen MR) is 70.8 cm³/mol. The number of carbonyl (C=O) groups is 1. The quantitative estimate of drug-likeness (QED) is 0.879. The summed E-state index contributed by atoms with van der Waals surface area (Å²) in [7, 11) is 2.99. The highest BCUT2D eigenvalue weighted by molar-refractivity contribution is 6.06. The van der Waals surface area contributed by atoms with Crippen LogP contribution in [0.1, 0.15) is 15.9 Å². The maximum Gasteiger partial charge on any atom is 0.260 e. The normalized spacial score (nSPS) is 9.65. The van der Waals surface area contributed by atoms with Crippen LogP contribution in [0.3, 0.4) is 0 Å². The topological polar surface area (TPSA) is 100 Å². The van der Waals surface area contributed by atoms with Crippen molar-refractivity contribution >= 4 is 11.7 Å². The van der Waals surface area contributed by atoms with Crippen molar-refractivity contribution in [2.75, 3.05) is 19.5 Å². The van der Waals surface area contributed by atoms with Crippen molar-refractivity contribution in [1.29, 1.82) is 5.26 Å². The summed E-state index contributed by atoms with van der Waals surface area (Å²) in [4.78, 5) is 12.2. The van der Waals surface area contributed by atoms with Crippen LogP contribution in [0.5, 0.6) is 11.5 Å². The van der Waals surface area contributed by atoms with E-state index in [0.717, 1.165) is 0 Å². The molecule has 7 nitrogen and oxygen atoms in total. The first-order valence-electron chi connectivity index (χ1n) is 5.66. The van der Waals surface area contributed by atoms with Gasteiger partial charge in [-0.1, -0.05) is 0 Å². The average molecular weight is 272 g/mol.